The molecule has 0 bridgehead atoms. The summed E-state index contributed by atoms with van der Waals surface area (Å²) in [6.07, 6.45) is 0. The van der Waals surface area contributed by atoms with Crippen molar-refractivity contribution < 1.29 is 14.4 Å². The Labute approximate surface area is 193 Å². The Kier molecular flexibility index (Phi) is 11.3. The second kappa shape index (κ2) is 13.5. The van der Waals surface area contributed by atoms with E-state index in [0.717, 1.165) is 17.8 Å². The number of non-ortho nitro benzene ring substituents is 1. The number of hydrogen-bond acceptors (Lipinski definition) is 6. The Balaban J connectivity index is 0.00000450. The number of rotatable bonds is 10. The predicted molar refractivity (Wildman–Crippen MR) is 129 cm³/mol. The molecule has 0 fully saturated rings. The zero-order valence-electron chi connectivity index (χ0n) is 17.3. The lowest BCUT2D eigenvalue weighted by Crippen LogP contribution is -2.39. The summed E-state index contributed by atoms with van der Waals surface area (Å²) in [6.45, 7) is 4.51. The van der Waals surface area contributed by atoms with Crippen LogP contribution in [0, 0.1) is 10.1 Å². The number of halogens is 1. The summed E-state index contributed by atoms with van der Waals surface area (Å²) in [5.41, 5.74) is 1.90. The molecule has 9 nitrogen and oxygen atoms in total. The number of nitro benzene ring substituents is 1. The highest BCUT2D eigenvalue weighted by atomic mass is 127. The first-order valence-electron chi connectivity index (χ1n) is 9.28. The Bertz CT molecular complexity index is 830. The van der Waals surface area contributed by atoms with Crippen molar-refractivity contribution in [2.45, 2.75) is 13.5 Å². The van der Waals surface area contributed by atoms with Crippen molar-refractivity contribution in [3.05, 3.63) is 58.1 Å². The van der Waals surface area contributed by atoms with Gasteiger partial charge >= 0.3 is 0 Å². The average molecular weight is 529 g/mol. The van der Waals surface area contributed by atoms with Crippen molar-refractivity contribution in [3.63, 3.8) is 0 Å². The SMILES string of the molecule is CCNC(=NCc1ccc(OC)c(OC)c1)NCCNc1ccc([N+](=O)[O-])cc1.I. The minimum absolute atomic E-state index is 0. The highest BCUT2D eigenvalue weighted by Gasteiger charge is 2.05. The Morgan fingerprint density at radius 1 is 1.03 bits per heavy atom. The number of guanidine groups is 1. The molecule has 3 N–H and O–H groups in total. The van der Waals surface area contributed by atoms with E-state index in [1.165, 1.54) is 12.1 Å². The van der Waals surface area contributed by atoms with Crippen LogP contribution in [0.1, 0.15) is 12.5 Å². The summed E-state index contributed by atoms with van der Waals surface area (Å²) >= 11 is 0. The first-order chi connectivity index (χ1) is 14.1. The van der Waals surface area contributed by atoms with Gasteiger partial charge in [0.25, 0.3) is 5.69 Å². The van der Waals surface area contributed by atoms with Gasteiger partial charge in [0.05, 0.1) is 25.7 Å². The number of hydrogen-bond donors (Lipinski definition) is 3. The highest BCUT2D eigenvalue weighted by Crippen LogP contribution is 2.27. The molecule has 0 spiro atoms. The minimum atomic E-state index is -0.414. The first kappa shape index (κ1) is 25.3. The Hall–Kier alpha value is -2.76. The molecule has 0 saturated carbocycles. The van der Waals surface area contributed by atoms with Crippen LogP contribution in [0.5, 0.6) is 11.5 Å². The summed E-state index contributed by atoms with van der Waals surface area (Å²) in [7, 11) is 3.21. The summed E-state index contributed by atoms with van der Waals surface area (Å²) in [4.78, 5) is 14.9. The van der Waals surface area contributed by atoms with E-state index in [4.69, 9.17) is 9.47 Å². The van der Waals surface area contributed by atoms with E-state index < -0.39 is 4.92 Å². The molecule has 2 aromatic rings. The maximum Gasteiger partial charge on any atom is 0.269 e. The molecule has 0 aromatic heterocycles. The number of benzene rings is 2. The normalized spacial score (nSPS) is 10.6. The zero-order valence-corrected chi connectivity index (χ0v) is 19.6. The third-order valence-electron chi connectivity index (χ3n) is 4.04. The van der Waals surface area contributed by atoms with Gasteiger partial charge in [0, 0.05) is 37.5 Å². The monoisotopic (exact) mass is 529 g/mol. The molecule has 0 aliphatic rings. The van der Waals surface area contributed by atoms with E-state index in [1.54, 1.807) is 26.4 Å². The molecule has 0 radical (unpaired) electrons. The fourth-order valence-electron chi connectivity index (χ4n) is 2.58. The number of aliphatic imine (C=N–C) groups is 1. The number of anilines is 1. The molecule has 0 atom stereocenters. The average Bonchev–Trinajstić information content (AvgIpc) is 2.74. The van der Waals surface area contributed by atoms with Crippen molar-refractivity contribution in [3.8, 4) is 11.5 Å². The van der Waals surface area contributed by atoms with E-state index in [2.05, 4.69) is 20.9 Å². The van der Waals surface area contributed by atoms with Gasteiger partial charge in [-0.1, -0.05) is 6.07 Å². The molecule has 0 aliphatic heterocycles. The number of methoxy groups -OCH3 is 2. The topological polar surface area (TPSA) is 110 Å². The fraction of sp³-hybridized carbons (Fsp3) is 0.350. The second-order valence-corrected chi connectivity index (χ2v) is 6.04. The molecule has 164 valence electrons. The number of nitro groups is 1. The van der Waals surface area contributed by atoms with Gasteiger partial charge < -0.3 is 25.4 Å². The molecule has 10 heteroatoms. The van der Waals surface area contributed by atoms with E-state index in [-0.39, 0.29) is 29.7 Å². The summed E-state index contributed by atoms with van der Waals surface area (Å²) in [5, 5.41) is 20.4. The van der Waals surface area contributed by atoms with Gasteiger partial charge in [0.1, 0.15) is 0 Å². The second-order valence-electron chi connectivity index (χ2n) is 6.04. The lowest BCUT2D eigenvalue weighted by molar-refractivity contribution is -0.384. The van der Waals surface area contributed by atoms with Crippen LogP contribution in [0.25, 0.3) is 0 Å². The minimum Gasteiger partial charge on any atom is -0.493 e. The third-order valence-corrected chi connectivity index (χ3v) is 4.04. The molecule has 30 heavy (non-hydrogen) atoms. The van der Waals surface area contributed by atoms with Crippen molar-refractivity contribution in [2.75, 3.05) is 39.2 Å². The van der Waals surface area contributed by atoms with E-state index in [9.17, 15) is 10.1 Å². The summed E-state index contributed by atoms with van der Waals surface area (Å²) < 4.78 is 10.6. The van der Waals surface area contributed by atoms with Crippen LogP contribution >= 0.6 is 24.0 Å². The maximum atomic E-state index is 10.7. The molecule has 2 aromatic carbocycles. The lowest BCUT2D eigenvalue weighted by Gasteiger charge is -2.13. The van der Waals surface area contributed by atoms with Crippen LogP contribution < -0.4 is 25.4 Å². The zero-order chi connectivity index (χ0) is 21.1. The number of ether oxygens (including phenoxy) is 2. The van der Waals surface area contributed by atoms with Gasteiger partial charge in [0.15, 0.2) is 17.5 Å². The van der Waals surface area contributed by atoms with Gasteiger partial charge in [-0.2, -0.15) is 0 Å². The molecule has 0 heterocycles. The van der Waals surface area contributed by atoms with Crippen LogP contribution in [0.3, 0.4) is 0 Å². The van der Waals surface area contributed by atoms with E-state index in [1.807, 2.05) is 25.1 Å². The van der Waals surface area contributed by atoms with Gasteiger partial charge in [0.2, 0.25) is 0 Å². The van der Waals surface area contributed by atoms with Crippen LogP contribution in [0.4, 0.5) is 11.4 Å². The molecule has 0 aliphatic carbocycles. The fourth-order valence-corrected chi connectivity index (χ4v) is 2.58. The van der Waals surface area contributed by atoms with Crippen LogP contribution in [0.2, 0.25) is 0 Å². The predicted octanol–water partition coefficient (Wildman–Crippen LogP) is 3.40. The first-order valence-corrected chi connectivity index (χ1v) is 9.28. The lowest BCUT2D eigenvalue weighted by atomic mass is 10.2. The molecule has 0 saturated heterocycles. The van der Waals surface area contributed by atoms with Crippen molar-refractivity contribution in [1.29, 1.82) is 0 Å². The van der Waals surface area contributed by atoms with Crippen molar-refractivity contribution in [2.24, 2.45) is 4.99 Å². The Morgan fingerprint density at radius 3 is 2.33 bits per heavy atom. The quantitative estimate of drug-likeness (QED) is 0.108. The van der Waals surface area contributed by atoms with E-state index in [0.29, 0.717) is 37.1 Å². The summed E-state index contributed by atoms with van der Waals surface area (Å²) in [6, 6.07) is 12.0. The maximum absolute atomic E-state index is 10.7. The number of nitrogens with one attached hydrogen (secondary N) is 3. The molecular weight excluding hydrogens is 501 g/mol. The van der Waals surface area contributed by atoms with Gasteiger partial charge in [-0.15, -0.1) is 24.0 Å². The standard InChI is InChI=1S/C20H27N5O4.HI/c1-4-21-20(24-14-15-5-10-18(28-2)19(13-15)29-3)23-12-11-22-16-6-8-17(9-7-16)25(26)27;/h5-10,13,22H,4,11-12,14H2,1-3H3,(H2,21,23,24);1H. The highest BCUT2D eigenvalue weighted by molar-refractivity contribution is 14.0. The molecule has 0 amide bonds. The smallest absolute Gasteiger partial charge is 0.269 e. The van der Waals surface area contributed by atoms with Gasteiger partial charge in [-0.25, -0.2) is 4.99 Å². The van der Waals surface area contributed by atoms with E-state index >= 15 is 0 Å². The van der Waals surface area contributed by atoms with Crippen LogP contribution in [-0.2, 0) is 6.54 Å². The van der Waals surface area contributed by atoms with Crippen molar-refractivity contribution >= 4 is 41.3 Å². The number of nitrogens with zero attached hydrogens (tertiary/aromatic N) is 2. The third kappa shape index (κ3) is 7.93. The van der Waals surface area contributed by atoms with Crippen LogP contribution in [-0.4, -0.2) is 44.7 Å². The Morgan fingerprint density at radius 2 is 1.73 bits per heavy atom. The molecule has 2 rings (SSSR count). The van der Waals surface area contributed by atoms with Gasteiger partial charge in [-0.3, -0.25) is 10.1 Å². The summed E-state index contributed by atoms with van der Waals surface area (Å²) in [5.74, 6) is 2.06. The van der Waals surface area contributed by atoms with Crippen LogP contribution in [0.15, 0.2) is 47.5 Å². The molecule has 0 unspecified atom stereocenters. The largest absolute Gasteiger partial charge is 0.493 e. The van der Waals surface area contributed by atoms with Crippen molar-refractivity contribution in [1.82, 2.24) is 10.6 Å². The van der Waals surface area contributed by atoms with Gasteiger partial charge in [-0.05, 0) is 36.8 Å². The molecular formula is C20H28IN5O4.